The van der Waals surface area contributed by atoms with Gasteiger partial charge in [0.25, 0.3) is 11.6 Å². The zero-order chi connectivity index (χ0) is 28.1. The molecule has 1 N–H and O–H groups in total. The van der Waals surface area contributed by atoms with Crippen molar-refractivity contribution in [1.82, 2.24) is 20.0 Å². The number of carboxylic acids is 1. The zero-order valence-corrected chi connectivity index (χ0v) is 21.8. The van der Waals surface area contributed by atoms with Crippen LogP contribution in [0.1, 0.15) is 39.4 Å². The lowest BCUT2D eigenvalue weighted by molar-refractivity contribution is -0.384. The van der Waals surface area contributed by atoms with E-state index in [9.17, 15) is 20.0 Å². The third-order valence-electron chi connectivity index (χ3n) is 6.01. The Balaban J connectivity index is 1.86. The highest BCUT2D eigenvalue weighted by Crippen LogP contribution is 2.40. The first-order valence-electron chi connectivity index (χ1n) is 11.9. The van der Waals surface area contributed by atoms with Crippen molar-refractivity contribution in [2.45, 2.75) is 26.3 Å². The molecular weight excluding hydrogens is 506 g/mol. The highest BCUT2D eigenvalue weighted by atomic mass is 16.7. The second kappa shape index (κ2) is 11.9. The largest absolute Gasteiger partial charge is 0.478 e. The molecule has 2 aromatic heterocycles. The van der Waals surface area contributed by atoms with E-state index in [0.29, 0.717) is 24.6 Å². The van der Waals surface area contributed by atoms with Crippen molar-refractivity contribution in [1.29, 1.82) is 0 Å². The Bertz CT molecular complexity index is 1490. The van der Waals surface area contributed by atoms with Crippen molar-refractivity contribution < 1.29 is 28.8 Å². The molecule has 0 atom stereocenters. The number of aromatic carboxylic acids is 1. The Kier molecular flexibility index (Phi) is 8.39. The number of carboxylic acid groups (broad SMARTS) is 1. The summed E-state index contributed by atoms with van der Waals surface area (Å²) in [6.07, 6.45) is -1.11. The summed E-state index contributed by atoms with van der Waals surface area (Å²) < 4.78 is 16.2. The van der Waals surface area contributed by atoms with Crippen LogP contribution >= 0.6 is 0 Å². The normalized spacial score (nSPS) is 11.3. The van der Waals surface area contributed by atoms with Gasteiger partial charge in [0, 0.05) is 38.5 Å². The van der Waals surface area contributed by atoms with E-state index in [0.717, 1.165) is 5.56 Å². The van der Waals surface area contributed by atoms with Gasteiger partial charge in [-0.25, -0.2) is 4.79 Å². The van der Waals surface area contributed by atoms with Crippen molar-refractivity contribution >= 4 is 11.7 Å². The lowest BCUT2D eigenvalue weighted by Gasteiger charge is -2.20. The van der Waals surface area contributed by atoms with Gasteiger partial charge in [-0.1, -0.05) is 47.6 Å². The summed E-state index contributed by atoms with van der Waals surface area (Å²) >= 11 is 0. The zero-order valence-electron chi connectivity index (χ0n) is 21.8. The molecule has 12 nitrogen and oxygen atoms in total. The minimum Gasteiger partial charge on any atom is -0.478 e. The molecule has 12 heteroatoms. The number of non-ortho nitro benzene ring substituents is 1. The molecule has 4 aromatic rings. The van der Waals surface area contributed by atoms with E-state index in [2.05, 4.69) is 15.1 Å². The van der Waals surface area contributed by atoms with Crippen molar-refractivity contribution in [3.8, 4) is 22.6 Å². The van der Waals surface area contributed by atoms with E-state index >= 15 is 0 Å². The summed E-state index contributed by atoms with van der Waals surface area (Å²) in [7, 11) is 4.62. The van der Waals surface area contributed by atoms with Gasteiger partial charge in [-0.2, -0.15) is 4.98 Å². The van der Waals surface area contributed by atoms with Crippen LogP contribution in [0.5, 0.6) is 0 Å². The minimum atomic E-state index is -1.33. The van der Waals surface area contributed by atoms with E-state index < -0.39 is 17.2 Å². The van der Waals surface area contributed by atoms with Gasteiger partial charge in [-0.15, -0.1) is 0 Å². The number of methoxy groups -OCH3 is 2. The molecule has 0 radical (unpaired) electrons. The number of rotatable bonds is 11. The number of hydrogen-bond donors (Lipinski definition) is 1. The van der Waals surface area contributed by atoms with Gasteiger partial charge in [0.15, 0.2) is 5.82 Å². The average Bonchev–Trinajstić information content (AvgIpc) is 3.37. The molecule has 0 amide bonds. The number of nitro benzene ring substituents is 1. The van der Waals surface area contributed by atoms with Crippen LogP contribution in [0.3, 0.4) is 0 Å². The molecule has 0 fully saturated rings. The van der Waals surface area contributed by atoms with E-state index in [-0.39, 0.29) is 39.5 Å². The fraction of sp³-hybridized carbons (Fsp3) is 0.259. The second-order valence-corrected chi connectivity index (χ2v) is 8.80. The highest BCUT2D eigenvalue weighted by Gasteiger charge is 2.31. The third-order valence-corrected chi connectivity index (χ3v) is 6.01. The first-order valence-corrected chi connectivity index (χ1v) is 11.9. The summed E-state index contributed by atoms with van der Waals surface area (Å²) in [5, 5.41) is 25.9. The van der Waals surface area contributed by atoms with E-state index in [1.807, 2.05) is 42.3 Å². The Hall–Kier alpha value is -4.52. The molecule has 2 heterocycles. The predicted molar refractivity (Wildman–Crippen MR) is 140 cm³/mol. The number of ether oxygens (including phenoxy) is 2. The number of carbonyl (C=O) groups is 1. The Morgan fingerprint density at radius 2 is 1.79 bits per heavy atom. The molecule has 0 aliphatic carbocycles. The molecule has 0 unspecified atom stereocenters. The Morgan fingerprint density at radius 3 is 2.44 bits per heavy atom. The monoisotopic (exact) mass is 533 g/mol. The summed E-state index contributed by atoms with van der Waals surface area (Å²) in [5.41, 5.74) is 1.62. The fourth-order valence-corrected chi connectivity index (χ4v) is 4.37. The molecule has 0 saturated heterocycles. The molecule has 0 spiro atoms. The maximum atomic E-state index is 12.6. The highest BCUT2D eigenvalue weighted by molar-refractivity contribution is 6.02. The summed E-state index contributed by atoms with van der Waals surface area (Å²) in [6, 6.07) is 15.5. The molecule has 2 aromatic carbocycles. The van der Waals surface area contributed by atoms with Crippen molar-refractivity contribution in [3.63, 3.8) is 0 Å². The smallest absolute Gasteiger partial charge is 0.338 e. The quantitative estimate of drug-likeness (QED) is 0.163. The number of nitro groups is 1. The lowest BCUT2D eigenvalue weighted by Crippen LogP contribution is -2.18. The van der Waals surface area contributed by atoms with Gasteiger partial charge in [0.1, 0.15) is 5.69 Å². The van der Waals surface area contributed by atoms with E-state index in [1.165, 1.54) is 32.4 Å². The topological polar surface area (TPSA) is 154 Å². The standard InChI is InChI=1S/C27H27N5O7/c1-16-21(25-29-20(30-39-25)15-31(2)14-17-9-6-5-7-10-17)22(18-11-8-12-19(13-18)32(35)36)23(26(33)34)24(28-16)27(37-3)38-4/h5-13,27H,14-15H2,1-4H3,(H,33,34). The van der Waals surface area contributed by atoms with Gasteiger partial charge in [-0.3, -0.25) is 20.0 Å². The van der Waals surface area contributed by atoms with Crippen LogP contribution in [0.2, 0.25) is 0 Å². The summed E-state index contributed by atoms with van der Waals surface area (Å²) in [6.45, 7) is 2.66. The predicted octanol–water partition coefficient (Wildman–Crippen LogP) is 4.64. The maximum absolute atomic E-state index is 12.6. The number of nitrogens with zero attached hydrogens (tertiary/aromatic N) is 5. The Labute approximate surface area is 224 Å². The molecule has 202 valence electrons. The van der Waals surface area contributed by atoms with E-state index in [1.54, 1.807) is 13.0 Å². The number of hydrogen-bond acceptors (Lipinski definition) is 10. The summed E-state index contributed by atoms with van der Waals surface area (Å²) in [4.78, 5) is 34.6. The first kappa shape index (κ1) is 27.5. The lowest BCUT2D eigenvalue weighted by atomic mass is 9.91. The number of pyridine rings is 1. The van der Waals surface area contributed by atoms with Crippen LogP contribution in [-0.4, -0.2) is 57.3 Å². The average molecular weight is 534 g/mol. The van der Waals surface area contributed by atoms with Crippen molar-refractivity contribution in [2.75, 3.05) is 21.3 Å². The molecule has 4 rings (SSSR count). The van der Waals surface area contributed by atoms with Crippen LogP contribution in [0.15, 0.2) is 59.1 Å². The molecular formula is C27H27N5O7. The molecule has 0 saturated carbocycles. The molecule has 0 aliphatic heterocycles. The van der Waals surface area contributed by atoms with Crippen LogP contribution in [0.25, 0.3) is 22.6 Å². The fourth-order valence-electron chi connectivity index (χ4n) is 4.37. The SMILES string of the molecule is COC(OC)c1nc(C)c(-c2nc(CN(C)Cc3ccccc3)no2)c(-c2cccc([N+](=O)[O-])c2)c1C(=O)O. The van der Waals surface area contributed by atoms with Gasteiger partial charge in [-0.05, 0) is 25.1 Å². The van der Waals surface area contributed by atoms with Crippen LogP contribution in [0.4, 0.5) is 5.69 Å². The van der Waals surface area contributed by atoms with Gasteiger partial charge in [0.05, 0.1) is 28.3 Å². The van der Waals surface area contributed by atoms with Crippen LogP contribution in [-0.2, 0) is 22.6 Å². The minimum absolute atomic E-state index is 0.00223. The number of benzene rings is 2. The van der Waals surface area contributed by atoms with E-state index in [4.69, 9.17) is 14.0 Å². The Morgan fingerprint density at radius 1 is 1.08 bits per heavy atom. The van der Waals surface area contributed by atoms with Gasteiger partial charge in [0.2, 0.25) is 6.29 Å². The summed E-state index contributed by atoms with van der Waals surface area (Å²) in [5.74, 6) is -0.924. The second-order valence-electron chi connectivity index (χ2n) is 8.80. The van der Waals surface area contributed by atoms with Crippen molar-refractivity contribution in [3.05, 3.63) is 93.1 Å². The maximum Gasteiger partial charge on any atom is 0.338 e. The third kappa shape index (κ3) is 5.98. The first-order chi connectivity index (χ1) is 18.7. The van der Waals surface area contributed by atoms with Crippen LogP contribution < -0.4 is 0 Å². The molecule has 0 bridgehead atoms. The number of aryl methyl sites for hydroxylation is 1. The van der Waals surface area contributed by atoms with Gasteiger partial charge >= 0.3 is 5.97 Å². The van der Waals surface area contributed by atoms with Gasteiger partial charge < -0.3 is 19.1 Å². The molecule has 0 aliphatic rings. The number of aromatic nitrogens is 3. The van der Waals surface area contributed by atoms with Crippen LogP contribution in [0, 0.1) is 17.0 Å². The van der Waals surface area contributed by atoms with Crippen molar-refractivity contribution in [2.24, 2.45) is 0 Å². The molecule has 39 heavy (non-hydrogen) atoms.